The number of carboxylic acids is 1. The number of carboxylic acid groups (broad SMARTS) is 1. The largest absolute Gasteiger partial charge is 0.481 e. The van der Waals surface area contributed by atoms with Crippen molar-refractivity contribution >= 4 is 5.97 Å². The molecule has 0 unspecified atom stereocenters. The van der Waals surface area contributed by atoms with Gasteiger partial charge < -0.3 is 5.11 Å². The van der Waals surface area contributed by atoms with E-state index in [0.29, 0.717) is 12.3 Å². The van der Waals surface area contributed by atoms with Gasteiger partial charge in [-0.05, 0) is 35.8 Å². The average Bonchev–Trinajstić information content (AvgIpc) is 3.09. The van der Waals surface area contributed by atoms with Crippen LogP contribution in [0.5, 0.6) is 0 Å². The summed E-state index contributed by atoms with van der Waals surface area (Å²) in [5.74, 6) is 0.491. The van der Waals surface area contributed by atoms with Gasteiger partial charge in [-0.15, -0.1) is 0 Å². The molecule has 1 saturated carbocycles. The molecule has 1 heterocycles. The predicted molar refractivity (Wildman–Crippen MR) is 69.4 cm³/mol. The third kappa shape index (κ3) is 2.72. The number of rotatable bonds is 5. The van der Waals surface area contributed by atoms with Gasteiger partial charge in [-0.25, -0.2) is 0 Å². The van der Waals surface area contributed by atoms with E-state index in [9.17, 15) is 4.79 Å². The van der Waals surface area contributed by atoms with Crippen LogP contribution in [0, 0.1) is 5.92 Å². The van der Waals surface area contributed by atoms with Crippen molar-refractivity contribution in [1.29, 1.82) is 0 Å². The summed E-state index contributed by atoms with van der Waals surface area (Å²) in [5.41, 5.74) is 2.85. The molecule has 1 aromatic rings. The highest BCUT2D eigenvalue weighted by atomic mass is 16.4. The van der Waals surface area contributed by atoms with Gasteiger partial charge in [-0.3, -0.25) is 9.69 Å². The van der Waals surface area contributed by atoms with E-state index >= 15 is 0 Å². The van der Waals surface area contributed by atoms with E-state index < -0.39 is 5.97 Å². The summed E-state index contributed by atoms with van der Waals surface area (Å²) in [6, 6.07) is 8.88. The lowest BCUT2D eigenvalue weighted by atomic mass is 9.95. The molecular formula is C15H19NO2. The summed E-state index contributed by atoms with van der Waals surface area (Å²) in [6.45, 7) is 2.83. The molecule has 2 fully saturated rings. The molecule has 0 spiro atoms. The molecule has 3 nitrogen and oxygen atoms in total. The maximum Gasteiger partial charge on any atom is 0.303 e. The smallest absolute Gasteiger partial charge is 0.303 e. The van der Waals surface area contributed by atoms with E-state index in [1.807, 2.05) is 0 Å². The average molecular weight is 245 g/mol. The number of likely N-dealkylation sites (tertiary alicyclic amines) is 1. The van der Waals surface area contributed by atoms with Gasteiger partial charge >= 0.3 is 5.97 Å². The van der Waals surface area contributed by atoms with Gasteiger partial charge in [0.05, 0.1) is 6.42 Å². The van der Waals surface area contributed by atoms with Crippen molar-refractivity contribution in [2.75, 3.05) is 13.1 Å². The third-order valence-corrected chi connectivity index (χ3v) is 3.90. The first-order chi connectivity index (χ1) is 8.70. The molecule has 1 aromatic carbocycles. The molecule has 0 aromatic heterocycles. The number of nitrogens with zero attached hydrogens (tertiary/aromatic N) is 1. The molecular weight excluding hydrogens is 226 g/mol. The van der Waals surface area contributed by atoms with Gasteiger partial charge in [0.15, 0.2) is 0 Å². The molecule has 0 amide bonds. The molecule has 0 atom stereocenters. The van der Waals surface area contributed by atoms with E-state index in [4.69, 9.17) is 5.11 Å². The zero-order valence-electron chi connectivity index (χ0n) is 10.5. The maximum atomic E-state index is 10.6. The molecule has 0 radical (unpaired) electrons. The Hall–Kier alpha value is -1.35. The lowest BCUT2D eigenvalue weighted by Gasteiger charge is -2.38. The number of aliphatic carboxylic acids is 1. The number of benzene rings is 1. The summed E-state index contributed by atoms with van der Waals surface area (Å²) >= 11 is 0. The number of carbonyl (C=O) groups is 1. The number of hydrogen-bond acceptors (Lipinski definition) is 2. The second-order valence-electron chi connectivity index (χ2n) is 5.68. The first-order valence-electron chi connectivity index (χ1n) is 6.73. The third-order valence-electron chi connectivity index (χ3n) is 3.90. The summed E-state index contributed by atoms with van der Waals surface area (Å²) < 4.78 is 0. The van der Waals surface area contributed by atoms with Crippen molar-refractivity contribution in [3.05, 3.63) is 35.4 Å². The van der Waals surface area contributed by atoms with Crippen LogP contribution in [0.1, 0.15) is 36.3 Å². The lowest BCUT2D eigenvalue weighted by Crippen LogP contribution is -2.46. The van der Waals surface area contributed by atoms with Crippen molar-refractivity contribution in [3.63, 3.8) is 0 Å². The van der Waals surface area contributed by atoms with Gasteiger partial charge in [0.2, 0.25) is 0 Å². The molecule has 1 aliphatic carbocycles. The minimum Gasteiger partial charge on any atom is -0.481 e. The van der Waals surface area contributed by atoms with Crippen molar-refractivity contribution < 1.29 is 9.90 Å². The Morgan fingerprint density at radius 1 is 1.33 bits per heavy atom. The van der Waals surface area contributed by atoms with Crippen LogP contribution in [0.2, 0.25) is 0 Å². The fraction of sp³-hybridized carbons (Fsp3) is 0.533. The topological polar surface area (TPSA) is 40.5 Å². The Bertz CT molecular complexity index is 448. The molecule has 3 heteroatoms. The molecule has 1 saturated heterocycles. The van der Waals surface area contributed by atoms with Crippen LogP contribution in [0.4, 0.5) is 0 Å². The highest BCUT2D eigenvalue weighted by Crippen LogP contribution is 2.40. The normalized spacial score (nSPS) is 20.7. The molecule has 18 heavy (non-hydrogen) atoms. The highest BCUT2D eigenvalue weighted by molar-refractivity contribution is 5.67. The molecule has 0 bridgehead atoms. The van der Waals surface area contributed by atoms with Crippen molar-refractivity contribution in [1.82, 2.24) is 4.90 Å². The van der Waals surface area contributed by atoms with Crippen molar-refractivity contribution in [2.24, 2.45) is 5.92 Å². The monoisotopic (exact) mass is 245 g/mol. The highest BCUT2D eigenvalue weighted by Gasteiger charge is 2.28. The number of hydrogen-bond donors (Lipinski definition) is 1. The van der Waals surface area contributed by atoms with E-state index in [0.717, 1.165) is 25.6 Å². The fourth-order valence-corrected chi connectivity index (χ4v) is 2.80. The first-order valence-corrected chi connectivity index (χ1v) is 6.73. The van der Waals surface area contributed by atoms with Crippen LogP contribution in [0.25, 0.3) is 0 Å². The standard InChI is InChI=1S/C15H19NO2/c17-15(18)7-12-9-16(10-12)8-11-2-1-3-14(6-11)13-4-5-13/h1-3,6,12-13H,4-5,7-10H2,(H,17,18). The fourth-order valence-electron chi connectivity index (χ4n) is 2.80. The Morgan fingerprint density at radius 3 is 2.78 bits per heavy atom. The van der Waals surface area contributed by atoms with Crippen LogP contribution >= 0.6 is 0 Å². The predicted octanol–water partition coefficient (Wildman–Crippen LogP) is 2.47. The van der Waals surface area contributed by atoms with Crippen LogP contribution in [0.15, 0.2) is 24.3 Å². The van der Waals surface area contributed by atoms with Crippen molar-refractivity contribution in [3.8, 4) is 0 Å². The first kappa shape index (κ1) is 11.7. The molecule has 3 rings (SSSR count). The summed E-state index contributed by atoms with van der Waals surface area (Å²) in [7, 11) is 0. The van der Waals surface area contributed by atoms with Gasteiger partial charge in [0.1, 0.15) is 0 Å². The second-order valence-corrected chi connectivity index (χ2v) is 5.68. The molecule has 2 aliphatic rings. The maximum absolute atomic E-state index is 10.6. The van der Waals surface area contributed by atoms with Crippen LogP contribution in [0.3, 0.4) is 0 Å². The van der Waals surface area contributed by atoms with E-state index in [1.54, 1.807) is 0 Å². The Labute approximate surface area is 107 Å². The SMILES string of the molecule is O=C(O)CC1CN(Cc2cccc(C3CC3)c2)C1. The summed E-state index contributed by atoms with van der Waals surface area (Å²) in [5, 5.41) is 8.71. The molecule has 1 N–H and O–H groups in total. The van der Waals surface area contributed by atoms with E-state index in [-0.39, 0.29) is 0 Å². The van der Waals surface area contributed by atoms with Crippen molar-refractivity contribution in [2.45, 2.75) is 31.7 Å². The Balaban J connectivity index is 1.51. The van der Waals surface area contributed by atoms with Crippen LogP contribution in [-0.2, 0) is 11.3 Å². The minimum atomic E-state index is -0.671. The zero-order chi connectivity index (χ0) is 12.5. The quantitative estimate of drug-likeness (QED) is 0.866. The van der Waals surface area contributed by atoms with Gasteiger partial charge in [-0.2, -0.15) is 0 Å². The summed E-state index contributed by atoms with van der Waals surface area (Å²) in [6.07, 6.45) is 3.00. The zero-order valence-corrected chi connectivity index (χ0v) is 10.5. The van der Waals surface area contributed by atoms with Crippen LogP contribution in [-0.4, -0.2) is 29.1 Å². The van der Waals surface area contributed by atoms with Gasteiger partial charge in [0, 0.05) is 19.6 Å². The van der Waals surface area contributed by atoms with Gasteiger partial charge in [-0.1, -0.05) is 24.3 Å². The van der Waals surface area contributed by atoms with Crippen LogP contribution < -0.4 is 0 Å². The lowest BCUT2D eigenvalue weighted by molar-refractivity contribution is -0.139. The Morgan fingerprint density at radius 2 is 2.11 bits per heavy atom. The second kappa shape index (κ2) is 4.73. The summed E-state index contributed by atoms with van der Waals surface area (Å²) in [4.78, 5) is 12.9. The molecule has 1 aliphatic heterocycles. The Kier molecular flexibility index (Phi) is 3.08. The van der Waals surface area contributed by atoms with Gasteiger partial charge in [0.25, 0.3) is 0 Å². The van der Waals surface area contributed by atoms with E-state index in [1.165, 1.54) is 24.0 Å². The minimum absolute atomic E-state index is 0.318. The molecule has 96 valence electrons. The van der Waals surface area contributed by atoms with E-state index in [2.05, 4.69) is 29.2 Å².